The molecule has 1 aliphatic rings. The van der Waals surface area contributed by atoms with Crippen molar-refractivity contribution >= 4 is 11.9 Å². The lowest BCUT2D eigenvalue weighted by Crippen LogP contribution is -2.50. The average molecular weight is 223 g/mol. The van der Waals surface area contributed by atoms with E-state index < -0.39 is 5.97 Å². The SMILES string of the molecule is C#CCCCCC(=O)N1CC(CC(=O)O)C1. The van der Waals surface area contributed by atoms with Gasteiger partial charge < -0.3 is 10.0 Å². The minimum absolute atomic E-state index is 0.124. The number of hydrogen-bond donors (Lipinski definition) is 1. The molecule has 4 nitrogen and oxygen atoms in total. The van der Waals surface area contributed by atoms with Crippen LogP contribution >= 0.6 is 0 Å². The number of amides is 1. The van der Waals surface area contributed by atoms with Crippen LogP contribution in [0, 0.1) is 18.3 Å². The first-order valence-electron chi connectivity index (χ1n) is 5.56. The van der Waals surface area contributed by atoms with Gasteiger partial charge in [-0.2, -0.15) is 0 Å². The Labute approximate surface area is 95.6 Å². The third-order valence-electron chi connectivity index (χ3n) is 2.73. The van der Waals surface area contributed by atoms with Crippen LogP contribution in [0.5, 0.6) is 0 Å². The number of aliphatic carboxylic acids is 1. The van der Waals surface area contributed by atoms with Crippen LogP contribution in [0.3, 0.4) is 0 Å². The van der Waals surface area contributed by atoms with Gasteiger partial charge in [-0.05, 0) is 12.8 Å². The summed E-state index contributed by atoms with van der Waals surface area (Å²) in [6.07, 6.45) is 8.23. The van der Waals surface area contributed by atoms with E-state index >= 15 is 0 Å². The number of terminal acetylenes is 1. The minimum atomic E-state index is -0.786. The molecule has 88 valence electrons. The molecule has 1 rings (SSSR count). The van der Waals surface area contributed by atoms with Gasteiger partial charge in [-0.25, -0.2) is 0 Å². The summed E-state index contributed by atoms with van der Waals surface area (Å²) in [5, 5.41) is 8.55. The van der Waals surface area contributed by atoms with Gasteiger partial charge >= 0.3 is 5.97 Å². The second-order valence-electron chi connectivity index (χ2n) is 4.17. The number of carbonyl (C=O) groups excluding carboxylic acids is 1. The molecule has 4 heteroatoms. The van der Waals surface area contributed by atoms with Gasteiger partial charge in [0.05, 0.1) is 6.42 Å². The average Bonchev–Trinajstić information content (AvgIpc) is 2.17. The third kappa shape index (κ3) is 3.93. The highest BCUT2D eigenvalue weighted by atomic mass is 16.4. The zero-order valence-electron chi connectivity index (χ0n) is 9.32. The molecule has 0 aromatic rings. The van der Waals surface area contributed by atoms with E-state index in [4.69, 9.17) is 11.5 Å². The van der Waals surface area contributed by atoms with Crippen LogP contribution in [0.25, 0.3) is 0 Å². The molecular weight excluding hydrogens is 206 g/mol. The maximum Gasteiger partial charge on any atom is 0.303 e. The van der Waals surface area contributed by atoms with Gasteiger partial charge in [-0.15, -0.1) is 12.3 Å². The van der Waals surface area contributed by atoms with Crippen molar-refractivity contribution in [1.29, 1.82) is 0 Å². The molecule has 1 amide bonds. The van der Waals surface area contributed by atoms with Gasteiger partial charge in [-0.1, -0.05) is 0 Å². The Balaban J connectivity index is 2.08. The van der Waals surface area contributed by atoms with E-state index in [0.29, 0.717) is 19.5 Å². The smallest absolute Gasteiger partial charge is 0.303 e. The Morgan fingerprint density at radius 3 is 2.62 bits per heavy atom. The predicted octanol–water partition coefficient (Wildman–Crippen LogP) is 1.11. The number of nitrogens with zero attached hydrogens (tertiary/aromatic N) is 1. The normalized spacial score (nSPS) is 15.3. The van der Waals surface area contributed by atoms with Gasteiger partial charge in [0, 0.05) is 31.8 Å². The number of hydrogen-bond acceptors (Lipinski definition) is 2. The van der Waals surface area contributed by atoms with Crippen molar-refractivity contribution in [2.45, 2.75) is 32.1 Å². The number of carboxylic acid groups (broad SMARTS) is 1. The summed E-state index contributed by atoms with van der Waals surface area (Å²) < 4.78 is 0. The molecule has 0 spiro atoms. The van der Waals surface area contributed by atoms with E-state index in [0.717, 1.165) is 19.3 Å². The highest BCUT2D eigenvalue weighted by Crippen LogP contribution is 2.20. The molecule has 0 aromatic heterocycles. The summed E-state index contributed by atoms with van der Waals surface area (Å²) in [5.74, 6) is 2.02. The van der Waals surface area contributed by atoms with Gasteiger partial charge in [0.1, 0.15) is 0 Å². The van der Waals surface area contributed by atoms with Gasteiger partial charge in [0.2, 0.25) is 5.91 Å². The second-order valence-corrected chi connectivity index (χ2v) is 4.17. The third-order valence-corrected chi connectivity index (χ3v) is 2.73. The maximum absolute atomic E-state index is 11.5. The second kappa shape index (κ2) is 6.16. The molecule has 1 aliphatic heterocycles. The zero-order valence-corrected chi connectivity index (χ0v) is 9.32. The highest BCUT2D eigenvalue weighted by Gasteiger charge is 2.31. The van der Waals surface area contributed by atoms with E-state index in [-0.39, 0.29) is 18.2 Å². The van der Waals surface area contributed by atoms with E-state index in [1.165, 1.54) is 0 Å². The standard InChI is InChI=1S/C12H17NO3/c1-2-3-4-5-6-11(14)13-8-10(9-13)7-12(15)16/h1,10H,3-9H2,(H,15,16). The Kier molecular flexibility index (Phi) is 4.84. The van der Waals surface area contributed by atoms with Crippen LogP contribution < -0.4 is 0 Å². The number of likely N-dealkylation sites (tertiary alicyclic amines) is 1. The van der Waals surface area contributed by atoms with Crippen LogP contribution in [0.1, 0.15) is 32.1 Å². The molecule has 0 unspecified atom stereocenters. The van der Waals surface area contributed by atoms with Crippen molar-refractivity contribution in [3.8, 4) is 12.3 Å². The Bertz CT molecular complexity index is 300. The van der Waals surface area contributed by atoms with E-state index in [9.17, 15) is 9.59 Å². The van der Waals surface area contributed by atoms with Gasteiger partial charge in [-0.3, -0.25) is 9.59 Å². The maximum atomic E-state index is 11.5. The fraction of sp³-hybridized carbons (Fsp3) is 0.667. The molecule has 0 saturated carbocycles. The summed E-state index contributed by atoms with van der Waals surface area (Å²) >= 11 is 0. The molecule has 1 fully saturated rings. The highest BCUT2D eigenvalue weighted by molar-refractivity contribution is 5.77. The lowest BCUT2D eigenvalue weighted by Gasteiger charge is -2.38. The molecule has 0 aromatic carbocycles. The number of unbranched alkanes of at least 4 members (excludes halogenated alkanes) is 2. The van der Waals surface area contributed by atoms with Crippen molar-refractivity contribution in [1.82, 2.24) is 4.90 Å². The Morgan fingerprint density at radius 2 is 2.06 bits per heavy atom. The fourth-order valence-corrected chi connectivity index (χ4v) is 1.81. The Hall–Kier alpha value is -1.50. The summed E-state index contributed by atoms with van der Waals surface area (Å²) in [4.78, 5) is 23.7. The predicted molar refractivity (Wildman–Crippen MR) is 59.6 cm³/mol. The van der Waals surface area contributed by atoms with Crippen molar-refractivity contribution in [2.24, 2.45) is 5.92 Å². The largest absolute Gasteiger partial charge is 0.481 e. The van der Waals surface area contributed by atoms with Crippen LogP contribution in [0.15, 0.2) is 0 Å². The summed E-state index contributed by atoms with van der Waals surface area (Å²) in [7, 11) is 0. The molecular formula is C12H17NO3. The molecule has 0 bridgehead atoms. The lowest BCUT2D eigenvalue weighted by molar-refractivity contribution is -0.145. The van der Waals surface area contributed by atoms with Crippen LogP contribution in [0.4, 0.5) is 0 Å². The molecule has 16 heavy (non-hydrogen) atoms. The van der Waals surface area contributed by atoms with E-state index in [1.54, 1.807) is 4.90 Å². The van der Waals surface area contributed by atoms with E-state index in [1.807, 2.05) is 0 Å². The molecule has 1 N–H and O–H groups in total. The van der Waals surface area contributed by atoms with E-state index in [2.05, 4.69) is 5.92 Å². The summed E-state index contributed by atoms with van der Waals surface area (Å²) in [6, 6.07) is 0. The number of carbonyl (C=O) groups is 2. The van der Waals surface area contributed by atoms with Crippen molar-refractivity contribution in [3.63, 3.8) is 0 Å². The van der Waals surface area contributed by atoms with Gasteiger partial charge in [0.25, 0.3) is 0 Å². The Morgan fingerprint density at radius 1 is 1.38 bits per heavy atom. The lowest BCUT2D eigenvalue weighted by atomic mass is 9.96. The monoisotopic (exact) mass is 223 g/mol. The number of carboxylic acids is 1. The van der Waals surface area contributed by atoms with Crippen molar-refractivity contribution in [3.05, 3.63) is 0 Å². The van der Waals surface area contributed by atoms with Crippen molar-refractivity contribution in [2.75, 3.05) is 13.1 Å². The van der Waals surface area contributed by atoms with Crippen LogP contribution in [0.2, 0.25) is 0 Å². The van der Waals surface area contributed by atoms with Crippen LogP contribution in [-0.2, 0) is 9.59 Å². The summed E-state index contributed by atoms with van der Waals surface area (Å²) in [5.41, 5.74) is 0. The van der Waals surface area contributed by atoms with Gasteiger partial charge in [0.15, 0.2) is 0 Å². The first-order chi connectivity index (χ1) is 7.63. The fourth-order valence-electron chi connectivity index (χ4n) is 1.81. The van der Waals surface area contributed by atoms with Crippen LogP contribution in [-0.4, -0.2) is 35.0 Å². The minimum Gasteiger partial charge on any atom is -0.481 e. The molecule has 0 radical (unpaired) electrons. The summed E-state index contributed by atoms with van der Waals surface area (Å²) in [6.45, 7) is 1.19. The molecule has 0 atom stereocenters. The molecule has 1 heterocycles. The quantitative estimate of drug-likeness (QED) is 0.542. The first-order valence-corrected chi connectivity index (χ1v) is 5.56. The molecule has 1 saturated heterocycles. The van der Waals surface area contributed by atoms with Crippen molar-refractivity contribution < 1.29 is 14.7 Å². The topological polar surface area (TPSA) is 57.6 Å². The number of rotatable bonds is 6. The zero-order chi connectivity index (χ0) is 12.0. The first kappa shape index (κ1) is 12.6. The molecule has 0 aliphatic carbocycles.